The largest absolute Gasteiger partial charge is 0.488 e. The maximum atomic E-state index is 10.4. The van der Waals surface area contributed by atoms with Gasteiger partial charge in [-0.15, -0.1) is 0 Å². The van der Waals surface area contributed by atoms with Crippen LogP contribution in [0.4, 0.5) is 4.79 Å². The molecule has 0 aromatic heterocycles. The molecule has 0 aromatic carbocycles. The number of hydrogen-bond acceptors (Lipinski definition) is 2. The third kappa shape index (κ3) is 1.50. The van der Waals surface area contributed by atoms with Crippen molar-refractivity contribution in [3.05, 3.63) is 0 Å². The molecule has 1 rings (SSSR count). The van der Waals surface area contributed by atoms with Crippen molar-refractivity contribution in [3.8, 4) is 0 Å². The lowest BCUT2D eigenvalue weighted by Gasteiger charge is -2.06. The Labute approximate surface area is 52.9 Å². The minimum atomic E-state index is -0.404. The van der Waals surface area contributed by atoms with Crippen molar-refractivity contribution >= 4 is 12.2 Å². The van der Waals surface area contributed by atoms with E-state index in [0.717, 1.165) is 0 Å². The zero-order valence-electron chi connectivity index (χ0n) is 5.04. The third-order valence-electron chi connectivity index (χ3n) is 1.17. The molecule has 1 heterocycles. The lowest BCUT2D eigenvalue weighted by molar-refractivity contribution is -0.436. The third-order valence-corrected chi connectivity index (χ3v) is 1.17. The number of nitrogens with two attached hydrogens (primary N) is 1. The van der Waals surface area contributed by atoms with Gasteiger partial charge in [0.05, 0.1) is 12.8 Å². The van der Waals surface area contributed by atoms with Gasteiger partial charge in [-0.05, 0) is 0 Å². The fourth-order valence-electron chi connectivity index (χ4n) is 0.680. The second kappa shape index (κ2) is 2.59. The molecule has 0 bridgehead atoms. The quantitative estimate of drug-likeness (QED) is 0.434. The summed E-state index contributed by atoms with van der Waals surface area (Å²) < 4.78 is 6.39. The molecule has 0 fully saturated rings. The van der Waals surface area contributed by atoms with Crippen LogP contribution in [0.1, 0.15) is 0 Å². The van der Waals surface area contributed by atoms with Gasteiger partial charge in [0.25, 0.3) is 0 Å². The van der Waals surface area contributed by atoms with Crippen LogP contribution in [0.5, 0.6) is 0 Å². The van der Waals surface area contributed by atoms with E-state index in [9.17, 15) is 4.79 Å². The first-order chi connectivity index (χ1) is 4.30. The molecule has 50 valence electrons. The van der Waals surface area contributed by atoms with E-state index >= 15 is 0 Å². The second-order valence-corrected chi connectivity index (χ2v) is 1.79. The summed E-state index contributed by atoms with van der Waals surface area (Å²) in [5, 5.41) is 0. The Kier molecular flexibility index (Phi) is 1.79. The van der Waals surface area contributed by atoms with E-state index in [0.29, 0.717) is 19.8 Å². The van der Waals surface area contributed by atoms with Gasteiger partial charge in [-0.25, -0.2) is 0 Å². The highest BCUT2D eigenvalue weighted by Crippen LogP contribution is 1.83. The van der Waals surface area contributed by atoms with Crippen molar-refractivity contribution in [1.82, 2.24) is 0 Å². The molecule has 0 unspecified atom stereocenters. The van der Waals surface area contributed by atoms with Crippen LogP contribution in [0.3, 0.4) is 0 Å². The van der Waals surface area contributed by atoms with Crippen LogP contribution in [0.25, 0.3) is 0 Å². The first-order valence-electron chi connectivity index (χ1n) is 2.78. The molecular weight excluding hydrogens is 120 g/mol. The maximum Gasteiger partial charge on any atom is 0.488 e. The van der Waals surface area contributed by atoms with Crippen molar-refractivity contribution in [2.24, 2.45) is 5.73 Å². The zero-order valence-corrected chi connectivity index (χ0v) is 5.04. The second-order valence-electron chi connectivity index (χ2n) is 1.79. The molecule has 0 spiro atoms. The number of primary amides is 1. The molecule has 0 aromatic rings. The molecule has 0 atom stereocenters. The fourth-order valence-corrected chi connectivity index (χ4v) is 0.680. The van der Waals surface area contributed by atoms with Crippen molar-refractivity contribution in [3.63, 3.8) is 0 Å². The van der Waals surface area contributed by atoms with Gasteiger partial charge in [-0.3, -0.25) is 5.73 Å². The standard InChI is InChI=1S/C5H8N2O2/c6-5(8)7-1-3-9-4-2-7/h1H,2-4H2,(H-,6,8)/p+1. The highest BCUT2D eigenvalue weighted by atomic mass is 16.5. The van der Waals surface area contributed by atoms with Crippen LogP contribution in [0.2, 0.25) is 0 Å². The monoisotopic (exact) mass is 129 g/mol. The van der Waals surface area contributed by atoms with Crippen LogP contribution in [-0.4, -0.2) is 36.6 Å². The predicted octanol–water partition coefficient (Wildman–Crippen LogP) is -0.821. The van der Waals surface area contributed by atoms with Gasteiger partial charge in [-0.1, -0.05) is 0 Å². The maximum absolute atomic E-state index is 10.4. The molecule has 0 aliphatic carbocycles. The summed E-state index contributed by atoms with van der Waals surface area (Å²) in [4.78, 5) is 10.4. The number of carbonyl (C=O) groups is 1. The Morgan fingerprint density at radius 1 is 1.78 bits per heavy atom. The molecule has 1 aliphatic rings. The van der Waals surface area contributed by atoms with Gasteiger partial charge < -0.3 is 4.74 Å². The van der Waals surface area contributed by atoms with E-state index in [2.05, 4.69) is 0 Å². The number of ether oxygens (including phenoxy) is 1. The molecule has 9 heavy (non-hydrogen) atoms. The topological polar surface area (TPSA) is 55.3 Å². The van der Waals surface area contributed by atoms with E-state index in [1.165, 1.54) is 4.58 Å². The Morgan fingerprint density at radius 3 is 2.89 bits per heavy atom. The molecule has 0 saturated heterocycles. The van der Waals surface area contributed by atoms with Crippen molar-refractivity contribution < 1.29 is 14.1 Å². The van der Waals surface area contributed by atoms with Crippen molar-refractivity contribution in [1.29, 1.82) is 0 Å². The highest BCUT2D eigenvalue weighted by Gasteiger charge is 2.11. The Bertz CT molecular complexity index is 153. The highest BCUT2D eigenvalue weighted by molar-refractivity contribution is 5.69. The first kappa shape index (κ1) is 6.22. The number of rotatable bonds is 0. The van der Waals surface area contributed by atoms with Crippen LogP contribution in [-0.2, 0) is 4.74 Å². The van der Waals surface area contributed by atoms with Gasteiger partial charge >= 0.3 is 6.03 Å². The van der Waals surface area contributed by atoms with E-state index < -0.39 is 6.03 Å². The smallest absolute Gasteiger partial charge is 0.370 e. The molecule has 4 heteroatoms. The Morgan fingerprint density at radius 2 is 2.56 bits per heavy atom. The summed E-state index contributed by atoms with van der Waals surface area (Å²) in [6.07, 6.45) is 1.64. The lowest BCUT2D eigenvalue weighted by atomic mass is 10.5. The first-order valence-corrected chi connectivity index (χ1v) is 2.78. The number of amides is 2. The normalized spacial score (nSPS) is 18.9. The van der Waals surface area contributed by atoms with Crippen LogP contribution in [0, 0.1) is 0 Å². The van der Waals surface area contributed by atoms with Gasteiger partial charge in [0.1, 0.15) is 13.2 Å². The van der Waals surface area contributed by atoms with E-state index in [-0.39, 0.29) is 0 Å². The summed E-state index contributed by atoms with van der Waals surface area (Å²) in [5.41, 5.74) is 4.97. The van der Waals surface area contributed by atoms with E-state index in [4.69, 9.17) is 10.5 Å². The van der Waals surface area contributed by atoms with E-state index in [1.807, 2.05) is 0 Å². The van der Waals surface area contributed by atoms with Crippen LogP contribution < -0.4 is 5.73 Å². The summed E-state index contributed by atoms with van der Waals surface area (Å²) >= 11 is 0. The van der Waals surface area contributed by atoms with Gasteiger partial charge in [0.15, 0.2) is 0 Å². The average Bonchev–Trinajstić information content (AvgIpc) is 1.90. The van der Waals surface area contributed by atoms with Crippen molar-refractivity contribution in [2.45, 2.75) is 0 Å². The van der Waals surface area contributed by atoms with Crippen LogP contribution >= 0.6 is 0 Å². The lowest BCUT2D eigenvalue weighted by Crippen LogP contribution is -2.34. The van der Waals surface area contributed by atoms with E-state index in [1.54, 1.807) is 6.21 Å². The molecule has 1 aliphatic heterocycles. The SMILES string of the molecule is NC(=O)[N+]1=CCOCC1. The molecule has 2 N–H and O–H groups in total. The fraction of sp³-hybridized carbons (Fsp3) is 0.600. The van der Waals surface area contributed by atoms with Crippen LogP contribution in [0.15, 0.2) is 0 Å². The van der Waals surface area contributed by atoms with Gasteiger partial charge in [-0.2, -0.15) is 9.37 Å². The molecule has 0 saturated carbocycles. The zero-order chi connectivity index (χ0) is 6.69. The minimum absolute atomic E-state index is 0.404. The number of urea groups is 1. The van der Waals surface area contributed by atoms with Gasteiger partial charge in [0, 0.05) is 0 Å². The predicted molar refractivity (Wildman–Crippen MR) is 31.6 cm³/mol. The summed E-state index contributed by atoms with van der Waals surface area (Å²) in [6, 6.07) is -0.404. The Hall–Kier alpha value is -0.900. The molecule has 0 radical (unpaired) electrons. The molecule has 4 nitrogen and oxygen atoms in total. The molecular formula is C5H9N2O2+. The number of nitrogens with zero attached hydrogens (tertiary/aromatic N) is 1. The van der Waals surface area contributed by atoms with Crippen molar-refractivity contribution in [2.75, 3.05) is 19.8 Å². The number of carbonyl (C=O) groups excluding carboxylic acids is 1. The number of hydrogen-bond donors (Lipinski definition) is 1. The Balaban J connectivity index is 2.57. The van der Waals surface area contributed by atoms with Gasteiger partial charge in [0.2, 0.25) is 0 Å². The molecule has 2 amide bonds. The minimum Gasteiger partial charge on any atom is -0.370 e. The summed E-state index contributed by atoms with van der Waals surface area (Å²) in [6.45, 7) is 1.65. The average molecular weight is 129 g/mol. The summed E-state index contributed by atoms with van der Waals surface area (Å²) in [7, 11) is 0. The summed E-state index contributed by atoms with van der Waals surface area (Å²) in [5.74, 6) is 0.